The molecule has 0 aromatic heterocycles. The summed E-state index contributed by atoms with van der Waals surface area (Å²) in [5.41, 5.74) is 5.76. The van der Waals surface area contributed by atoms with Gasteiger partial charge in [0.2, 0.25) is 0 Å². The van der Waals surface area contributed by atoms with E-state index in [1.165, 1.54) is 6.07 Å². The topological polar surface area (TPSA) is 52.3 Å². The van der Waals surface area contributed by atoms with Crippen molar-refractivity contribution >= 4 is 23.4 Å². The SMILES string of the molecule is CSCCOC(=O)c1cc(N)cc(F)c1. The molecule has 0 atom stereocenters. The zero-order valence-corrected chi connectivity index (χ0v) is 9.14. The van der Waals surface area contributed by atoms with Crippen LogP contribution in [0.1, 0.15) is 10.4 Å². The fraction of sp³-hybridized carbons (Fsp3) is 0.300. The van der Waals surface area contributed by atoms with Crippen LogP contribution in [-0.2, 0) is 4.74 Å². The molecule has 0 unspecified atom stereocenters. The van der Waals surface area contributed by atoms with Crippen LogP contribution in [0, 0.1) is 5.82 Å². The van der Waals surface area contributed by atoms with Crippen LogP contribution in [-0.4, -0.2) is 24.6 Å². The van der Waals surface area contributed by atoms with Gasteiger partial charge in [-0.05, 0) is 24.5 Å². The Bertz CT molecular complexity index is 337. The first kappa shape index (κ1) is 11.8. The fourth-order valence-corrected chi connectivity index (χ4v) is 1.28. The molecule has 0 saturated carbocycles. The van der Waals surface area contributed by atoms with E-state index in [2.05, 4.69) is 0 Å². The van der Waals surface area contributed by atoms with E-state index in [-0.39, 0.29) is 11.3 Å². The standard InChI is InChI=1S/C10H12FNO2S/c1-15-3-2-14-10(13)7-4-8(11)6-9(12)5-7/h4-6H,2-3,12H2,1H3. The molecule has 0 aliphatic carbocycles. The van der Waals surface area contributed by atoms with Gasteiger partial charge in [0.25, 0.3) is 0 Å². The number of thioether (sulfide) groups is 1. The maximum Gasteiger partial charge on any atom is 0.338 e. The molecule has 0 spiro atoms. The Kier molecular flexibility index (Phi) is 4.42. The molecule has 0 fully saturated rings. The molecule has 1 rings (SSSR count). The van der Waals surface area contributed by atoms with Gasteiger partial charge in [0, 0.05) is 11.4 Å². The van der Waals surface area contributed by atoms with Crippen molar-refractivity contribution in [1.29, 1.82) is 0 Å². The summed E-state index contributed by atoms with van der Waals surface area (Å²) in [7, 11) is 0. The minimum Gasteiger partial charge on any atom is -0.461 e. The van der Waals surface area contributed by atoms with Crippen LogP contribution >= 0.6 is 11.8 Å². The summed E-state index contributed by atoms with van der Waals surface area (Å²) in [5.74, 6) is -0.363. The van der Waals surface area contributed by atoms with Gasteiger partial charge in [-0.15, -0.1) is 0 Å². The van der Waals surface area contributed by atoms with Crippen molar-refractivity contribution in [1.82, 2.24) is 0 Å². The lowest BCUT2D eigenvalue weighted by atomic mass is 10.2. The molecule has 1 aromatic rings. The molecule has 2 N–H and O–H groups in total. The third-order valence-corrected chi connectivity index (χ3v) is 2.25. The first-order valence-corrected chi connectivity index (χ1v) is 5.75. The number of nitrogens with two attached hydrogens (primary N) is 1. The van der Waals surface area contributed by atoms with E-state index >= 15 is 0 Å². The summed E-state index contributed by atoms with van der Waals surface area (Å²) >= 11 is 1.57. The van der Waals surface area contributed by atoms with Gasteiger partial charge in [-0.25, -0.2) is 9.18 Å². The van der Waals surface area contributed by atoms with Crippen LogP contribution in [0.4, 0.5) is 10.1 Å². The molecule has 3 nitrogen and oxygen atoms in total. The molecule has 0 aliphatic heterocycles. The summed E-state index contributed by atoms with van der Waals surface area (Å²) in [6.45, 7) is 0.316. The highest BCUT2D eigenvalue weighted by Gasteiger charge is 2.08. The van der Waals surface area contributed by atoms with E-state index in [1.807, 2.05) is 6.26 Å². The minimum atomic E-state index is -0.546. The molecule has 0 amide bonds. The van der Waals surface area contributed by atoms with Gasteiger partial charge in [0.1, 0.15) is 12.4 Å². The van der Waals surface area contributed by atoms with Gasteiger partial charge in [-0.3, -0.25) is 0 Å². The van der Waals surface area contributed by atoms with Gasteiger partial charge in [0.05, 0.1) is 5.56 Å². The van der Waals surface area contributed by atoms with Crippen LogP contribution in [0.2, 0.25) is 0 Å². The number of ether oxygens (including phenoxy) is 1. The van der Waals surface area contributed by atoms with Crippen LogP contribution in [0.25, 0.3) is 0 Å². The van der Waals surface area contributed by atoms with Gasteiger partial charge < -0.3 is 10.5 Å². The molecule has 82 valence electrons. The number of rotatable bonds is 4. The molecule has 0 saturated heterocycles. The smallest absolute Gasteiger partial charge is 0.338 e. The maximum absolute atomic E-state index is 12.9. The number of hydrogen-bond donors (Lipinski definition) is 1. The van der Waals surface area contributed by atoms with Crippen LogP contribution in [0.15, 0.2) is 18.2 Å². The van der Waals surface area contributed by atoms with Crippen molar-refractivity contribution in [2.45, 2.75) is 0 Å². The Labute approximate surface area is 91.8 Å². The molecule has 5 heteroatoms. The average molecular weight is 229 g/mol. The highest BCUT2D eigenvalue weighted by molar-refractivity contribution is 7.98. The number of carbonyl (C=O) groups excluding carboxylic acids is 1. The summed E-state index contributed by atoms with van der Waals surface area (Å²) in [4.78, 5) is 11.4. The average Bonchev–Trinajstić information content (AvgIpc) is 2.16. The third kappa shape index (κ3) is 3.79. The van der Waals surface area contributed by atoms with Gasteiger partial charge in [-0.2, -0.15) is 11.8 Å². The summed E-state index contributed by atoms with van der Waals surface area (Å²) in [6, 6.07) is 3.65. The molecular formula is C10H12FNO2S. The lowest BCUT2D eigenvalue weighted by molar-refractivity contribution is 0.0530. The molecule has 0 aliphatic rings. The predicted octanol–water partition coefficient (Wildman–Crippen LogP) is 1.93. The molecule has 0 bridgehead atoms. The second-order valence-corrected chi connectivity index (χ2v) is 3.89. The normalized spacial score (nSPS) is 10.0. The van der Waals surface area contributed by atoms with Crippen molar-refractivity contribution in [3.8, 4) is 0 Å². The quantitative estimate of drug-likeness (QED) is 0.487. The molecular weight excluding hydrogens is 217 g/mol. The number of carbonyl (C=O) groups is 1. The van der Waals surface area contributed by atoms with E-state index in [0.29, 0.717) is 6.61 Å². The largest absolute Gasteiger partial charge is 0.461 e. The van der Waals surface area contributed by atoms with Crippen LogP contribution in [0.3, 0.4) is 0 Å². The number of nitrogen functional groups attached to an aromatic ring is 1. The zero-order chi connectivity index (χ0) is 11.3. The molecule has 0 radical (unpaired) electrons. The van der Waals surface area contributed by atoms with Crippen molar-refractivity contribution in [2.24, 2.45) is 0 Å². The monoisotopic (exact) mass is 229 g/mol. The Morgan fingerprint density at radius 3 is 2.87 bits per heavy atom. The Hall–Kier alpha value is -1.23. The van der Waals surface area contributed by atoms with Crippen molar-refractivity contribution in [2.75, 3.05) is 24.3 Å². The van der Waals surface area contributed by atoms with E-state index in [0.717, 1.165) is 17.9 Å². The molecule has 0 heterocycles. The molecule has 15 heavy (non-hydrogen) atoms. The van der Waals surface area contributed by atoms with Gasteiger partial charge in [0.15, 0.2) is 0 Å². The first-order chi connectivity index (χ1) is 7.13. The first-order valence-electron chi connectivity index (χ1n) is 4.35. The van der Waals surface area contributed by atoms with Crippen LogP contribution in [0.5, 0.6) is 0 Å². The number of benzene rings is 1. The molecule has 1 aromatic carbocycles. The Balaban J connectivity index is 2.65. The van der Waals surface area contributed by atoms with Gasteiger partial charge in [-0.1, -0.05) is 0 Å². The highest BCUT2D eigenvalue weighted by Crippen LogP contribution is 2.11. The number of halogens is 1. The van der Waals surface area contributed by atoms with Gasteiger partial charge >= 0.3 is 5.97 Å². The minimum absolute atomic E-state index is 0.147. The summed E-state index contributed by atoms with van der Waals surface area (Å²) < 4.78 is 17.8. The highest BCUT2D eigenvalue weighted by atomic mass is 32.2. The zero-order valence-electron chi connectivity index (χ0n) is 8.33. The van der Waals surface area contributed by atoms with Crippen molar-refractivity contribution < 1.29 is 13.9 Å². The lowest BCUT2D eigenvalue weighted by Gasteiger charge is -2.04. The predicted molar refractivity (Wildman–Crippen MR) is 59.5 cm³/mol. The van der Waals surface area contributed by atoms with Crippen LogP contribution < -0.4 is 5.73 Å². The Morgan fingerprint density at radius 2 is 2.27 bits per heavy atom. The number of esters is 1. The summed E-state index contributed by atoms with van der Waals surface area (Å²) in [6.07, 6.45) is 1.91. The third-order valence-electron chi connectivity index (χ3n) is 1.68. The van der Waals surface area contributed by atoms with E-state index in [9.17, 15) is 9.18 Å². The van der Waals surface area contributed by atoms with E-state index in [1.54, 1.807) is 11.8 Å². The fourth-order valence-electron chi connectivity index (χ4n) is 1.03. The maximum atomic E-state index is 12.9. The summed E-state index contributed by atoms with van der Waals surface area (Å²) in [5, 5.41) is 0. The van der Waals surface area contributed by atoms with E-state index < -0.39 is 11.8 Å². The van der Waals surface area contributed by atoms with Crippen molar-refractivity contribution in [3.05, 3.63) is 29.6 Å². The number of hydrogen-bond acceptors (Lipinski definition) is 4. The van der Waals surface area contributed by atoms with Crippen molar-refractivity contribution in [3.63, 3.8) is 0 Å². The second-order valence-electron chi connectivity index (χ2n) is 2.90. The number of anilines is 1. The lowest BCUT2D eigenvalue weighted by Crippen LogP contribution is -2.08. The van der Waals surface area contributed by atoms with E-state index in [4.69, 9.17) is 10.5 Å². The Morgan fingerprint density at radius 1 is 1.53 bits per heavy atom. The second kappa shape index (κ2) is 5.60.